The van der Waals surface area contributed by atoms with E-state index in [-0.39, 0.29) is 0 Å². The second-order valence-electron chi connectivity index (χ2n) is 6.87. The van der Waals surface area contributed by atoms with Gasteiger partial charge in [0.1, 0.15) is 0 Å². The van der Waals surface area contributed by atoms with Crippen molar-refractivity contribution in [2.75, 3.05) is 0 Å². The molecule has 0 bridgehead atoms. The molecular formula is C26H22MoN4O2S6. The number of nitrogens with zero attached hydrogens (tertiary/aromatic N) is 4. The molecule has 39 heavy (non-hydrogen) atoms. The van der Waals surface area contributed by atoms with E-state index in [4.69, 9.17) is 32.1 Å². The summed E-state index contributed by atoms with van der Waals surface area (Å²) in [5.41, 5.74) is 2.48. The molecule has 0 radical (unpaired) electrons. The van der Waals surface area contributed by atoms with Crippen molar-refractivity contribution in [3.8, 4) is 0 Å². The summed E-state index contributed by atoms with van der Waals surface area (Å²) in [5, 5.41) is 19.9. The number of thiophene rings is 2. The van der Waals surface area contributed by atoms with Crippen LogP contribution < -0.4 is 0 Å². The van der Waals surface area contributed by atoms with Crippen molar-refractivity contribution in [1.82, 2.24) is 0 Å². The molecule has 0 aliphatic heterocycles. The van der Waals surface area contributed by atoms with Crippen LogP contribution in [0, 0.1) is 0 Å². The zero-order chi connectivity index (χ0) is 28.0. The van der Waals surface area contributed by atoms with E-state index < -0.39 is 18.5 Å². The largest absolute Gasteiger partial charge is 0.752 e. The van der Waals surface area contributed by atoms with Crippen molar-refractivity contribution in [2.24, 2.45) is 20.4 Å². The van der Waals surface area contributed by atoms with Gasteiger partial charge in [0, 0.05) is 21.3 Å². The predicted octanol–water partition coefficient (Wildman–Crippen LogP) is 7.60. The Balaban J connectivity index is 0.000000249. The number of rotatable bonds is 8. The molecule has 0 unspecified atom stereocenters. The monoisotopic (exact) mass is 712 g/mol. The van der Waals surface area contributed by atoms with Gasteiger partial charge in [0.25, 0.3) is 0 Å². The predicted molar refractivity (Wildman–Crippen MR) is 170 cm³/mol. The first-order valence-electron chi connectivity index (χ1n) is 11.0. The Hall–Kier alpha value is -2.05. The normalized spacial score (nSPS) is 11.4. The van der Waals surface area contributed by atoms with Crippen molar-refractivity contribution < 1.29 is 25.3 Å². The molecule has 0 aliphatic carbocycles. The van der Waals surface area contributed by atoms with Gasteiger partial charge in [-0.1, -0.05) is 72.8 Å². The van der Waals surface area contributed by atoms with Crippen molar-refractivity contribution in [2.45, 2.75) is 11.5 Å². The molecule has 6 nitrogen and oxygen atoms in total. The molecule has 2 aromatic carbocycles. The van der Waals surface area contributed by atoms with Crippen LogP contribution in [0.2, 0.25) is 0 Å². The Morgan fingerprint density at radius 2 is 1.05 bits per heavy atom. The average molecular weight is 711 g/mol. The minimum Gasteiger partial charge on any atom is -0.752 e. The first kappa shape index (κ1) is 33.2. The van der Waals surface area contributed by atoms with Gasteiger partial charge >= 0.3 is 25.3 Å². The smallest absolute Gasteiger partial charge is 0.0667 e. The molecule has 0 spiro atoms. The maximum atomic E-state index is 8.50. The molecule has 0 aliphatic rings. The Kier molecular flexibility index (Phi) is 18.5. The molecule has 0 amide bonds. The molecule has 0 saturated heterocycles. The summed E-state index contributed by atoms with van der Waals surface area (Å²) in [6.07, 6.45) is 3.44. The van der Waals surface area contributed by atoms with Crippen LogP contribution in [0.15, 0.2) is 116 Å². The van der Waals surface area contributed by atoms with Gasteiger partial charge in [-0.2, -0.15) is 20.4 Å². The summed E-state index contributed by atoms with van der Waals surface area (Å²) in [6.45, 7) is 0. The molecule has 2 aromatic heterocycles. The third-order valence-corrected chi connectivity index (χ3v) is 8.24. The van der Waals surface area contributed by atoms with Gasteiger partial charge in [0.2, 0.25) is 0 Å². The second kappa shape index (κ2) is 21.7. The molecule has 2 heterocycles. The molecule has 0 atom stereocenters. The molecule has 4 aromatic rings. The summed E-state index contributed by atoms with van der Waals surface area (Å²) >= 11 is 14.5. The Morgan fingerprint density at radius 3 is 1.38 bits per heavy atom. The van der Waals surface area contributed by atoms with Crippen LogP contribution in [0.4, 0.5) is 0 Å². The first-order valence-corrected chi connectivity index (χ1v) is 17.2. The van der Waals surface area contributed by atoms with Gasteiger partial charge in [-0.25, -0.2) is 0 Å². The topological polar surface area (TPSA) is 83.6 Å². The molecular weight excluding hydrogens is 689 g/mol. The molecule has 200 valence electrons. The van der Waals surface area contributed by atoms with Gasteiger partial charge in [0.05, 0.1) is 12.4 Å². The van der Waals surface area contributed by atoms with Gasteiger partial charge in [0.15, 0.2) is 0 Å². The fourth-order valence-electron chi connectivity index (χ4n) is 2.49. The van der Waals surface area contributed by atoms with Gasteiger partial charge in [-0.3, -0.25) is 0 Å². The van der Waals surface area contributed by atoms with Crippen LogP contribution in [-0.4, -0.2) is 21.2 Å². The van der Waals surface area contributed by atoms with E-state index in [1.165, 1.54) is 34.7 Å². The fourth-order valence-corrected chi connectivity index (χ4v) is 5.27. The van der Waals surface area contributed by atoms with Crippen LogP contribution in [0.3, 0.4) is 0 Å². The molecule has 0 fully saturated rings. The fraction of sp³-hybridized carbons (Fsp3) is 0.0769. The van der Waals surface area contributed by atoms with Crippen LogP contribution >= 0.6 is 46.2 Å². The first-order chi connectivity index (χ1) is 19.1. The van der Waals surface area contributed by atoms with Crippen LogP contribution in [0.25, 0.3) is 0 Å². The third-order valence-electron chi connectivity index (χ3n) is 4.15. The van der Waals surface area contributed by atoms with E-state index in [0.717, 1.165) is 21.3 Å². The van der Waals surface area contributed by atoms with E-state index in [1.54, 1.807) is 35.1 Å². The van der Waals surface area contributed by atoms with Crippen LogP contribution in [0.5, 0.6) is 0 Å². The standard InChI is InChI=1S/2C13H12N2S3.Mo.2O/c2*16-13(15-14-9-12-7-4-8-17-12)18-10-11-5-2-1-3-6-11;;;/h2*1-9H,10H2,(H,15,16);;;/q;;+2;;/p-2/b2*14-9+;;;. The van der Waals surface area contributed by atoms with E-state index in [9.17, 15) is 0 Å². The van der Waals surface area contributed by atoms with Crippen LogP contribution in [-0.2, 0) is 62.0 Å². The summed E-state index contributed by atoms with van der Waals surface area (Å²) in [5.74, 6) is 1.66. The van der Waals surface area contributed by atoms with Crippen molar-refractivity contribution in [3.63, 3.8) is 0 Å². The molecule has 0 saturated carbocycles. The minimum atomic E-state index is -2.03. The van der Waals surface area contributed by atoms with Gasteiger partial charge in [-0.15, -0.1) is 46.2 Å². The number of hydrogen-bond donors (Lipinski definition) is 0. The average Bonchev–Trinajstić information content (AvgIpc) is 3.68. The van der Waals surface area contributed by atoms with Crippen molar-refractivity contribution in [3.05, 3.63) is 117 Å². The van der Waals surface area contributed by atoms with E-state index in [1.807, 2.05) is 71.4 Å². The molecule has 4 rings (SSSR count). The summed E-state index contributed by atoms with van der Waals surface area (Å²) in [6, 6.07) is 28.3. The second-order valence-corrected chi connectivity index (χ2v) is 12.4. The maximum Gasteiger partial charge on any atom is 0.0667 e. The maximum absolute atomic E-state index is 8.50. The van der Waals surface area contributed by atoms with Crippen molar-refractivity contribution >= 4 is 92.6 Å². The Labute approximate surface area is 264 Å². The van der Waals surface area contributed by atoms with E-state index in [0.29, 0.717) is 8.75 Å². The van der Waals surface area contributed by atoms with Gasteiger partial charge < -0.3 is 25.3 Å². The van der Waals surface area contributed by atoms with Crippen molar-refractivity contribution in [1.29, 1.82) is 0 Å². The number of benzene rings is 2. The third kappa shape index (κ3) is 16.6. The quantitative estimate of drug-likeness (QED) is 0.0616. The molecule has 0 N–H and O–H groups in total. The number of thioether (sulfide) groups is 2. The zero-order valence-corrected chi connectivity index (χ0v) is 27.2. The van der Waals surface area contributed by atoms with E-state index >= 15 is 0 Å². The van der Waals surface area contributed by atoms with E-state index in [2.05, 4.69) is 44.7 Å². The Morgan fingerprint density at radius 1 is 0.667 bits per heavy atom. The van der Waals surface area contributed by atoms with Crippen LogP contribution in [0.1, 0.15) is 20.9 Å². The summed E-state index contributed by atoms with van der Waals surface area (Å²) in [4.78, 5) is 2.16. The minimum absolute atomic E-state index is 0.562. The summed E-state index contributed by atoms with van der Waals surface area (Å²) < 4.78 is 18.1. The SMILES string of the molecule is [O]=[Mo+2]=[O].[S-]/C(=N\N=C\c1cccs1)SCc1ccccc1.[S-]/C(=N\N=C\c1cccs1)SCc1ccccc1. The zero-order valence-electron chi connectivity index (χ0n) is 20.3. The Bertz CT molecular complexity index is 1240. The number of hydrogen-bond acceptors (Lipinski definition) is 12. The summed E-state index contributed by atoms with van der Waals surface area (Å²) in [7, 11) is 0. The molecule has 13 heteroatoms. The van der Waals surface area contributed by atoms with Gasteiger partial charge in [-0.05, 0) is 42.8 Å².